The molecular formula is C9H9ClN2. The van der Waals surface area contributed by atoms with Crippen molar-refractivity contribution in [3.8, 4) is 0 Å². The molecule has 0 radical (unpaired) electrons. The summed E-state index contributed by atoms with van der Waals surface area (Å²) in [5.41, 5.74) is 2.21. The number of nitrogens with zero attached hydrogens (tertiary/aromatic N) is 2. The summed E-state index contributed by atoms with van der Waals surface area (Å²) in [5, 5.41) is 0.473. The van der Waals surface area contributed by atoms with Gasteiger partial charge in [0.1, 0.15) is 5.15 Å². The van der Waals surface area contributed by atoms with Crippen LogP contribution in [0.1, 0.15) is 25.0 Å². The van der Waals surface area contributed by atoms with E-state index in [-0.39, 0.29) is 0 Å². The normalized spacial score (nSPS) is 16.2. The predicted molar refractivity (Wildman–Crippen MR) is 48.9 cm³/mol. The highest BCUT2D eigenvalue weighted by Crippen LogP contribution is 2.25. The van der Waals surface area contributed by atoms with E-state index < -0.39 is 0 Å². The van der Waals surface area contributed by atoms with E-state index in [0.29, 0.717) is 5.15 Å². The molecule has 0 saturated carbocycles. The molecule has 1 aromatic heterocycles. The van der Waals surface area contributed by atoms with Gasteiger partial charge in [0.05, 0.1) is 18.1 Å². The van der Waals surface area contributed by atoms with Gasteiger partial charge in [-0.05, 0) is 24.8 Å². The quantitative estimate of drug-likeness (QED) is 0.664. The van der Waals surface area contributed by atoms with E-state index in [9.17, 15) is 0 Å². The highest BCUT2D eigenvalue weighted by molar-refractivity contribution is 6.29. The number of aromatic nitrogens is 2. The van der Waals surface area contributed by atoms with E-state index in [0.717, 1.165) is 18.5 Å². The van der Waals surface area contributed by atoms with Crippen LogP contribution in [0.2, 0.25) is 5.15 Å². The van der Waals surface area contributed by atoms with E-state index in [1.165, 1.54) is 12.0 Å². The fraction of sp³-hybridized carbons (Fsp3) is 0.333. The Morgan fingerprint density at radius 1 is 1.33 bits per heavy atom. The first-order valence-electron chi connectivity index (χ1n) is 4.03. The molecule has 0 fully saturated rings. The Bertz CT molecular complexity index is 320. The first-order chi connectivity index (χ1) is 5.86. The van der Waals surface area contributed by atoms with Crippen molar-refractivity contribution < 1.29 is 0 Å². The Labute approximate surface area is 76.3 Å². The molecule has 1 aliphatic carbocycles. The van der Waals surface area contributed by atoms with Crippen molar-refractivity contribution in [2.45, 2.75) is 19.3 Å². The maximum absolute atomic E-state index is 5.72. The lowest BCUT2D eigenvalue weighted by atomic mass is 10.2. The molecule has 0 atom stereocenters. The fourth-order valence-electron chi connectivity index (χ4n) is 1.40. The molecule has 12 heavy (non-hydrogen) atoms. The lowest BCUT2D eigenvalue weighted by molar-refractivity contribution is 0.931. The molecule has 0 aliphatic heterocycles. The summed E-state index contributed by atoms with van der Waals surface area (Å²) in [5.74, 6) is 0. The van der Waals surface area contributed by atoms with Crippen LogP contribution in [0.15, 0.2) is 18.5 Å². The van der Waals surface area contributed by atoms with Gasteiger partial charge in [0.15, 0.2) is 0 Å². The fourth-order valence-corrected chi connectivity index (χ4v) is 1.55. The van der Waals surface area contributed by atoms with Gasteiger partial charge >= 0.3 is 0 Å². The maximum Gasteiger partial charge on any atom is 0.148 e. The van der Waals surface area contributed by atoms with Gasteiger partial charge in [0.25, 0.3) is 0 Å². The molecule has 3 heteroatoms. The molecular weight excluding hydrogens is 172 g/mol. The molecule has 0 N–H and O–H groups in total. The van der Waals surface area contributed by atoms with Gasteiger partial charge in [-0.2, -0.15) is 0 Å². The van der Waals surface area contributed by atoms with E-state index in [2.05, 4.69) is 16.0 Å². The van der Waals surface area contributed by atoms with Gasteiger partial charge in [-0.15, -0.1) is 0 Å². The van der Waals surface area contributed by atoms with Crippen LogP contribution in [0.25, 0.3) is 5.57 Å². The molecule has 0 aromatic carbocycles. The zero-order chi connectivity index (χ0) is 8.39. The first-order valence-corrected chi connectivity index (χ1v) is 4.41. The van der Waals surface area contributed by atoms with Gasteiger partial charge < -0.3 is 0 Å². The molecule has 0 bridgehead atoms. The Balaban J connectivity index is 2.33. The third kappa shape index (κ3) is 1.48. The number of halogens is 1. The zero-order valence-electron chi connectivity index (χ0n) is 6.63. The summed E-state index contributed by atoms with van der Waals surface area (Å²) in [6, 6.07) is 0. The molecule has 0 spiro atoms. The van der Waals surface area contributed by atoms with Crippen LogP contribution in [0, 0.1) is 0 Å². The van der Waals surface area contributed by atoms with Crippen LogP contribution >= 0.6 is 11.6 Å². The number of rotatable bonds is 1. The van der Waals surface area contributed by atoms with Crippen molar-refractivity contribution in [1.29, 1.82) is 0 Å². The van der Waals surface area contributed by atoms with Crippen molar-refractivity contribution in [3.63, 3.8) is 0 Å². The number of allylic oxidation sites excluding steroid dienone is 2. The second kappa shape index (κ2) is 3.23. The average Bonchev–Trinajstić information content (AvgIpc) is 2.56. The van der Waals surface area contributed by atoms with Crippen molar-refractivity contribution in [2.75, 3.05) is 0 Å². The van der Waals surface area contributed by atoms with Crippen molar-refractivity contribution in [2.24, 2.45) is 0 Å². The van der Waals surface area contributed by atoms with Gasteiger partial charge in [-0.1, -0.05) is 17.7 Å². The average molecular weight is 181 g/mol. The standard InChI is InChI=1S/C9H9ClN2/c10-9-6-11-5-8(12-9)7-3-1-2-4-7/h3,5-6H,1-2,4H2. The Hall–Kier alpha value is -0.890. The van der Waals surface area contributed by atoms with Gasteiger partial charge in [-0.3, -0.25) is 4.98 Å². The van der Waals surface area contributed by atoms with Crippen LogP contribution in [0.4, 0.5) is 0 Å². The second-order valence-electron chi connectivity index (χ2n) is 2.85. The van der Waals surface area contributed by atoms with E-state index in [4.69, 9.17) is 11.6 Å². The minimum Gasteiger partial charge on any atom is -0.259 e. The third-order valence-electron chi connectivity index (χ3n) is 1.98. The lowest BCUT2D eigenvalue weighted by Gasteiger charge is -1.99. The third-order valence-corrected chi connectivity index (χ3v) is 2.16. The lowest BCUT2D eigenvalue weighted by Crippen LogP contribution is -1.88. The van der Waals surface area contributed by atoms with Crippen LogP contribution in [-0.4, -0.2) is 9.97 Å². The van der Waals surface area contributed by atoms with Crippen molar-refractivity contribution >= 4 is 17.2 Å². The molecule has 0 amide bonds. The smallest absolute Gasteiger partial charge is 0.148 e. The highest BCUT2D eigenvalue weighted by Gasteiger charge is 2.08. The molecule has 1 aliphatic rings. The van der Waals surface area contributed by atoms with Crippen LogP contribution in [-0.2, 0) is 0 Å². The largest absolute Gasteiger partial charge is 0.259 e. The predicted octanol–water partition coefficient (Wildman–Crippen LogP) is 2.70. The summed E-state index contributed by atoms with van der Waals surface area (Å²) in [7, 11) is 0. The zero-order valence-corrected chi connectivity index (χ0v) is 7.38. The molecule has 0 unspecified atom stereocenters. The van der Waals surface area contributed by atoms with Gasteiger partial charge in [-0.25, -0.2) is 4.98 Å². The van der Waals surface area contributed by atoms with Gasteiger partial charge in [0, 0.05) is 0 Å². The van der Waals surface area contributed by atoms with Crippen LogP contribution in [0.3, 0.4) is 0 Å². The minimum atomic E-state index is 0.473. The van der Waals surface area contributed by atoms with Crippen molar-refractivity contribution in [3.05, 3.63) is 29.3 Å². The summed E-state index contributed by atoms with van der Waals surface area (Å²) in [4.78, 5) is 8.18. The summed E-state index contributed by atoms with van der Waals surface area (Å²) in [6.45, 7) is 0. The maximum atomic E-state index is 5.72. The molecule has 0 saturated heterocycles. The van der Waals surface area contributed by atoms with E-state index in [1.807, 2.05) is 0 Å². The SMILES string of the molecule is Clc1cncc(C2=CCCC2)n1. The molecule has 1 heterocycles. The number of hydrogen-bond donors (Lipinski definition) is 0. The summed E-state index contributed by atoms with van der Waals surface area (Å²) in [6.07, 6.45) is 9.02. The monoisotopic (exact) mass is 180 g/mol. The molecule has 2 nitrogen and oxygen atoms in total. The second-order valence-corrected chi connectivity index (χ2v) is 3.24. The Morgan fingerprint density at radius 2 is 2.25 bits per heavy atom. The highest BCUT2D eigenvalue weighted by atomic mass is 35.5. The number of hydrogen-bond acceptors (Lipinski definition) is 2. The topological polar surface area (TPSA) is 25.8 Å². The van der Waals surface area contributed by atoms with E-state index in [1.54, 1.807) is 12.4 Å². The van der Waals surface area contributed by atoms with Crippen LogP contribution in [0.5, 0.6) is 0 Å². The minimum absolute atomic E-state index is 0.473. The van der Waals surface area contributed by atoms with Crippen LogP contribution < -0.4 is 0 Å². The molecule has 2 rings (SSSR count). The molecule has 1 aromatic rings. The first kappa shape index (κ1) is 7.74. The Morgan fingerprint density at radius 3 is 2.92 bits per heavy atom. The van der Waals surface area contributed by atoms with Gasteiger partial charge in [0.2, 0.25) is 0 Å². The van der Waals surface area contributed by atoms with Crippen molar-refractivity contribution in [1.82, 2.24) is 9.97 Å². The Kier molecular flexibility index (Phi) is 2.09. The van der Waals surface area contributed by atoms with E-state index >= 15 is 0 Å². The summed E-state index contributed by atoms with van der Waals surface area (Å²) >= 11 is 5.72. The molecule has 62 valence electrons. The summed E-state index contributed by atoms with van der Waals surface area (Å²) < 4.78 is 0.